The Kier molecular flexibility index (Phi) is 7.13. The van der Waals surface area contributed by atoms with Crippen LogP contribution in [0.2, 0.25) is 0 Å². The lowest BCUT2D eigenvalue weighted by molar-refractivity contribution is -0.142. The second kappa shape index (κ2) is 11.0. The lowest BCUT2D eigenvalue weighted by Crippen LogP contribution is -2.43. The number of hydrogen-bond donors (Lipinski definition) is 1. The third-order valence-corrected chi connectivity index (χ3v) is 6.38. The van der Waals surface area contributed by atoms with E-state index in [0.717, 1.165) is 32.7 Å². The third-order valence-electron chi connectivity index (χ3n) is 6.38. The third kappa shape index (κ3) is 5.46. The first-order valence-electron chi connectivity index (χ1n) is 12.2. The van der Waals surface area contributed by atoms with Gasteiger partial charge in [0.1, 0.15) is 18.4 Å². The van der Waals surface area contributed by atoms with Crippen molar-refractivity contribution >= 4 is 33.4 Å². The van der Waals surface area contributed by atoms with Gasteiger partial charge in [0, 0.05) is 6.42 Å². The van der Waals surface area contributed by atoms with Crippen LogP contribution in [0.5, 0.6) is 5.75 Å². The summed E-state index contributed by atoms with van der Waals surface area (Å²) in [7, 11) is 1.33. The highest BCUT2D eigenvalue weighted by molar-refractivity contribution is 6.18. The minimum absolute atomic E-state index is 0.268. The molecule has 184 valence electrons. The van der Waals surface area contributed by atoms with Crippen molar-refractivity contribution in [1.82, 2.24) is 5.32 Å². The highest BCUT2D eigenvalue weighted by atomic mass is 16.5. The van der Waals surface area contributed by atoms with Crippen LogP contribution in [-0.4, -0.2) is 25.0 Å². The monoisotopic (exact) mass is 489 g/mol. The first-order valence-corrected chi connectivity index (χ1v) is 12.2. The molecule has 0 heterocycles. The summed E-state index contributed by atoms with van der Waals surface area (Å²) in [5.41, 5.74) is 2.46. The van der Waals surface area contributed by atoms with E-state index in [2.05, 4.69) is 11.4 Å². The molecule has 5 rings (SSSR count). The number of hydrogen-bond acceptors (Lipinski definition) is 4. The van der Waals surface area contributed by atoms with E-state index in [9.17, 15) is 9.59 Å². The number of benzene rings is 5. The summed E-state index contributed by atoms with van der Waals surface area (Å²) < 4.78 is 11.0. The molecule has 0 aliphatic heterocycles. The summed E-state index contributed by atoms with van der Waals surface area (Å²) in [6.07, 6.45) is 0.268. The Balaban J connectivity index is 1.40. The first-order chi connectivity index (χ1) is 18.1. The van der Waals surface area contributed by atoms with Gasteiger partial charge in [-0.2, -0.15) is 0 Å². The number of fused-ring (bicyclic) bond motifs is 2. The predicted molar refractivity (Wildman–Crippen MR) is 146 cm³/mol. The maximum absolute atomic E-state index is 13.7. The van der Waals surface area contributed by atoms with E-state index < -0.39 is 12.0 Å². The molecular weight excluding hydrogens is 462 g/mol. The Morgan fingerprint density at radius 3 is 2.03 bits per heavy atom. The summed E-state index contributed by atoms with van der Waals surface area (Å²) >= 11 is 0. The van der Waals surface area contributed by atoms with Crippen molar-refractivity contribution in [3.8, 4) is 5.75 Å². The molecule has 5 nitrogen and oxygen atoms in total. The van der Waals surface area contributed by atoms with Gasteiger partial charge in [-0.05, 0) is 50.9 Å². The van der Waals surface area contributed by atoms with Gasteiger partial charge in [0.15, 0.2) is 0 Å². The molecule has 0 saturated heterocycles. The highest BCUT2D eigenvalue weighted by Gasteiger charge is 2.25. The van der Waals surface area contributed by atoms with E-state index in [0.29, 0.717) is 17.9 Å². The number of methoxy groups -OCH3 is 1. The standard InChI is InChI=1S/C32H27NO4/c1-36-32(35)29(19-23-12-9-15-26(18-23)37-21-22-10-3-2-4-11-22)33-31(34)30-27-16-7-5-13-24(27)20-25-14-6-8-17-28(25)30/h2-18,20,29H,19,21H2,1H3,(H,33,34)/t29-/m0/s1. The zero-order chi connectivity index (χ0) is 25.6. The van der Waals surface area contributed by atoms with E-state index in [1.807, 2.05) is 103 Å². The van der Waals surface area contributed by atoms with Crippen LogP contribution in [0, 0.1) is 0 Å². The van der Waals surface area contributed by atoms with Gasteiger partial charge in [-0.1, -0.05) is 91.0 Å². The Morgan fingerprint density at radius 1 is 0.730 bits per heavy atom. The topological polar surface area (TPSA) is 64.6 Å². The average molecular weight is 490 g/mol. The van der Waals surface area contributed by atoms with E-state index in [4.69, 9.17) is 9.47 Å². The molecule has 5 heteroatoms. The van der Waals surface area contributed by atoms with E-state index >= 15 is 0 Å². The van der Waals surface area contributed by atoms with Crippen LogP contribution in [0.15, 0.2) is 109 Å². The van der Waals surface area contributed by atoms with Crippen molar-refractivity contribution in [1.29, 1.82) is 0 Å². The van der Waals surface area contributed by atoms with Gasteiger partial charge >= 0.3 is 5.97 Å². The van der Waals surface area contributed by atoms with E-state index in [1.54, 1.807) is 0 Å². The maximum atomic E-state index is 13.7. The fraction of sp³-hybridized carbons (Fsp3) is 0.125. The van der Waals surface area contributed by atoms with E-state index in [1.165, 1.54) is 7.11 Å². The van der Waals surface area contributed by atoms with Gasteiger partial charge in [-0.3, -0.25) is 4.79 Å². The number of esters is 1. The molecule has 0 bridgehead atoms. The van der Waals surface area contributed by atoms with Gasteiger partial charge in [0.05, 0.1) is 12.7 Å². The lowest BCUT2D eigenvalue weighted by atomic mass is 9.95. The SMILES string of the molecule is COC(=O)[C@H](Cc1cccc(OCc2ccccc2)c1)NC(=O)c1c2ccccc2cc2ccccc12. The summed E-state index contributed by atoms with van der Waals surface area (Å²) in [6, 6.07) is 34.2. The smallest absolute Gasteiger partial charge is 0.328 e. The average Bonchev–Trinajstić information content (AvgIpc) is 2.94. The summed E-state index contributed by atoms with van der Waals surface area (Å²) in [5.74, 6) is -0.135. The maximum Gasteiger partial charge on any atom is 0.328 e. The van der Waals surface area contributed by atoms with Gasteiger partial charge in [0.2, 0.25) is 0 Å². The van der Waals surface area contributed by atoms with Crippen molar-refractivity contribution in [2.45, 2.75) is 19.1 Å². The number of carbonyl (C=O) groups is 2. The molecular formula is C32H27NO4. The first kappa shape index (κ1) is 24.1. The lowest BCUT2D eigenvalue weighted by Gasteiger charge is -2.19. The van der Waals surface area contributed by atoms with Crippen LogP contribution in [0.4, 0.5) is 0 Å². The van der Waals surface area contributed by atoms with Crippen LogP contribution < -0.4 is 10.1 Å². The van der Waals surface area contributed by atoms with Crippen LogP contribution in [0.25, 0.3) is 21.5 Å². The number of ether oxygens (including phenoxy) is 2. The molecule has 0 unspecified atom stereocenters. The van der Waals surface area contributed by atoms with Gasteiger partial charge in [-0.15, -0.1) is 0 Å². The minimum Gasteiger partial charge on any atom is -0.489 e. The summed E-state index contributed by atoms with van der Waals surface area (Å²) in [4.78, 5) is 26.4. The largest absolute Gasteiger partial charge is 0.489 e. The minimum atomic E-state index is -0.861. The van der Waals surface area contributed by atoms with Crippen molar-refractivity contribution in [3.63, 3.8) is 0 Å². The number of rotatable bonds is 8. The molecule has 0 spiro atoms. The molecule has 5 aromatic rings. The van der Waals surface area contributed by atoms with Gasteiger partial charge < -0.3 is 14.8 Å². The molecule has 37 heavy (non-hydrogen) atoms. The Hall–Kier alpha value is -4.64. The number of amides is 1. The second-order valence-electron chi connectivity index (χ2n) is 8.87. The van der Waals surface area contributed by atoms with Crippen LogP contribution >= 0.6 is 0 Å². The molecule has 5 aromatic carbocycles. The quantitative estimate of drug-likeness (QED) is 0.212. The van der Waals surface area contributed by atoms with Crippen molar-refractivity contribution in [2.24, 2.45) is 0 Å². The summed E-state index contributed by atoms with van der Waals surface area (Å²) in [6.45, 7) is 0.440. The van der Waals surface area contributed by atoms with E-state index in [-0.39, 0.29) is 12.3 Å². The molecule has 1 atom stereocenters. The Morgan fingerprint density at radius 2 is 1.35 bits per heavy atom. The number of carbonyl (C=O) groups excluding carboxylic acids is 2. The molecule has 0 aliphatic carbocycles. The normalized spacial score (nSPS) is 11.7. The van der Waals surface area contributed by atoms with Crippen LogP contribution in [0.1, 0.15) is 21.5 Å². The van der Waals surface area contributed by atoms with Crippen molar-refractivity contribution in [2.75, 3.05) is 7.11 Å². The summed E-state index contributed by atoms with van der Waals surface area (Å²) in [5, 5.41) is 6.53. The highest BCUT2D eigenvalue weighted by Crippen LogP contribution is 2.28. The van der Waals surface area contributed by atoms with Crippen LogP contribution in [-0.2, 0) is 22.6 Å². The molecule has 0 aliphatic rings. The van der Waals surface area contributed by atoms with Gasteiger partial charge in [-0.25, -0.2) is 4.79 Å². The Bertz CT molecular complexity index is 1510. The van der Waals surface area contributed by atoms with Gasteiger partial charge in [0.25, 0.3) is 5.91 Å². The molecule has 0 radical (unpaired) electrons. The molecule has 1 N–H and O–H groups in total. The Labute approximate surface area is 215 Å². The van der Waals surface area contributed by atoms with Crippen molar-refractivity contribution in [3.05, 3.63) is 126 Å². The molecule has 0 aromatic heterocycles. The fourth-order valence-corrected chi connectivity index (χ4v) is 4.56. The molecule has 1 amide bonds. The molecule has 0 fully saturated rings. The zero-order valence-electron chi connectivity index (χ0n) is 20.5. The zero-order valence-corrected chi connectivity index (χ0v) is 20.5. The second-order valence-corrected chi connectivity index (χ2v) is 8.87. The number of nitrogens with one attached hydrogen (secondary N) is 1. The van der Waals surface area contributed by atoms with Crippen molar-refractivity contribution < 1.29 is 19.1 Å². The predicted octanol–water partition coefficient (Wildman–Crippen LogP) is 6.09. The molecule has 0 saturated carbocycles. The fourth-order valence-electron chi connectivity index (χ4n) is 4.56. The van der Waals surface area contributed by atoms with Crippen LogP contribution in [0.3, 0.4) is 0 Å².